The van der Waals surface area contributed by atoms with Crippen LogP contribution in [0.2, 0.25) is 0 Å². The maximum Gasteiger partial charge on any atom is 0.126 e. The van der Waals surface area contributed by atoms with E-state index >= 15 is 0 Å². The third-order valence-electron chi connectivity index (χ3n) is 3.09. The van der Waals surface area contributed by atoms with E-state index in [0.29, 0.717) is 0 Å². The molecule has 0 atom stereocenters. The van der Waals surface area contributed by atoms with Crippen molar-refractivity contribution in [2.75, 3.05) is 19.1 Å². The van der Waals surface area contributed by atoms with Crippen molar-refractivity contribution in [1.29, 1.82) is 0 Å². The van der Waals surface area contributed by atoms with E-state index in [1.54, 1.807) is 7.11 Å². The first-order valence-corrected chi connectivity index (χ1v) is 5.52. The summed E-state index contributed by atoms with van der Waals surface area (Å²) in [4.78, 5) is 2.93. The molecule has 0 unspecified atom stereocenters. The van der Waals surface area contributed by atoms with Gasteiger partial charge in [-0.2, -0.15) is 0 Å². The Hall–Kier alpha value is -1.61. The van der Waals surface area contributed by atoms with E-state index in [0.717, 1.165) is 27.4 Å². The number of rotatable bonds is 1. The van der Waals surface area contributed by atoms with Crippen LogP contribution in [0.15, 0.2) is 30.3 Å². The molecule has 2 aromatic rings. The number of thiocarbonyl (C=S) groups is 1. The molecule has 2 nitrogen and oxygen atoms in total. The normalized spacial score (nSPS) is 13.6. The monoisotopic (exact) mass is 229 g/mol. The fraction of sp³-hybridized carbons (Fsp3) is 0.154. The summed E-state index contributed by atoms with van der Waals surface area (Å²) in [6.07, 6.45) is 0. The van der Waals surface area contributed by atoms with Crippen molar-refractivity contribution in [2.24, 2.45) is 0 Å². The summed E-state index contributed by atoms with van der Waals surface area (Å²) in [5.41, 5.74) is 2.29. The summed E-state index contributed by atoms with van der Waals surface area (Å²) in [7, 11) is 3.70. The number of nitrogens with zero attached hydrogens (tertiary/aromatic N) is 1. The van der Waals surface area contributed by atoms with Gasteiger partial charge in [0.15, 0.2) is 0 Å². The second-order valence-electron chi connectivity index (χ2n) is 3.88. The van der Waals surface area contributed by atoms with Crippen molar-refractivity contribution in [3.05, 3.63) is 35.9 Å². The first kappa shape index (κ1) is 9.60. The molecule has 80 valence electrons. The molecule has 16 heavy (non-hydrogen) atoms. The summed E-state index contributed by atoms with van der Waals surface area (Å²) >= 11 is 5.42. The Morgan fingerprint density at radius 3 is 2.75 bits per heavy atom. The van der Waals surface area contributed by atoms with Gasteiger partial charge in [-0.3, -0.25) is 0 Å². The second kappa shape index (κ2) is 3.19. The zero-order chi connectivity index (χ0) is 11.3. The van der Waals surface area contributed by atoms with Crippen LogP contribution in [0, 0.1) is 0 Å². The van der Waals surface area contributed by atoms with Gasteiger partial charge in [0, 0.05) is 23.4 Å². The molecule has 0 bridgehead atoms. The Morgan fingerprint density at radius 1 is 1.19 bits per heavy atom. The Bertz CT molecular complexity index is 606. The number of benzene rings is 2. The van der Waals surface area contributed by atoms with Crippen LogP contribution in [0.3, 0.4) is 0 Å². The Labute approximate surface area is 99.4 Å². The average molecular weight is 229 g/mol. The van der Waals surface area contributed by atoms with E-state index in [2.05, 4.69) is 18.2 Å². The van der Waals surface area contributed by atoms with Crippen LogP contribution >= 0.6 is 12.2 Å². The lowest BCUT2D eigenvalue weighted by atomic mass is 10.0. The van der Waals surface area contributed by atoms with E-state index in [1.807, 2.05) is 24.1 Å². The van der Waals surface area contributed by atoms with Crippen LogP contribution in [0.1, 0.15) is 5.56 Å². The molecule has 0 saturated carbocycles. The molecule has 1 heterocycles. The molecule has 0 N–H and O–H groups in total. The van der Waals surface area contributed by atoms with Gasteiger partial charge in [-0.15, -0.1) is 0 Å². The molecule has 3 heteroatoms. The molecule has 0 spiro atoms. The van der Waals surface area contributed by atoms with Crippen LogP contribution in [0.4, 0.5) is 5.69 Å². The highest BCUT2D eigenvalue weighted by atomic mass is 32.1. The van der Waals surface area contributed by atoms with Crippen LogP contribution in [-0.2, 0) is 0 Å². The van der Waals surface area contributed by atoms with Crippen molar-refractivity contribution in [1.82, 2.24) is 0 Å². The van der Waals surface area contributed by atoms with Crippen molar-refractivity contribution in [3.8, 4) is 5.75 Å². The highest BCUT2D eigenvalue weighted by Gasteiger charge is 2.24. The van der Waals surface area contributed by atoms with Gasteiger partial charge in [-0.25, -0.2) is 0 Å². The number of hydrogen-bond donors (Lipinski definition) is 0. The number of ether oxygens (including phenoxy) is 1. The predicted octanol–water partition coefficient (Wildman–Crippen LogP) is 2.97. The van der Waals surface area contributed by atoms with Gasteiger partial charge < -0.3 is 9.64 Å². The van der Waals surface area contributed by atoms with E-state index in [-0.39, 0.29) is 0 Å². The van der Waals surface area contributed by atoms with Crippen molar-refractivity contribution < 1.29 is 4.74 Å². The van der Waals surface area contributed by atoms with Gasteiger partial charge in [-0.1, -0.05) is 30.4 Å². The molecule has 1 aliphatic rings. The van der Waals surface area contributed by atoms with E-state index in [4.69, 9.17) is 17.0 Å². The Balaban J connectivity index is 2.49. The van der Waals surface area contributed by atoms with Crippen LogP contribution in [0.25, 0.3) is 10.8 Å². The minimum absolute atomic E-state index is 0.883. The van der Waals surface area contributed by atoms with Crippen molar-refractivity contribution in [2.45, 2.75) is 0 Å². The third-order valence-corrected chi connectivity index (χ3v) is 3.59. The van der Waals surface area contributed by atoms with E-state index in [9.17, 15) is 0 Å². The SMILES string of the molecule is COc1ccc2c3c(cccc13)C(=S)N2C. The Kier molecular flexibility index (Phi) is 1.91. The van der Waals surface area contributed by atoms with Gasteiger partial charge in [0.05, 0.1) is 12.8 Å². The van der Waals surface area contributed by atoms with Gasteiger partial charge in [0.1, 0.15) is 10.7 Å². The lowest BCUT2D eigenvalue weighted by Crippen LogP contribution is -2.19. The zero-order valence-corrected chi connectivity index (χ0v) is 9.97. The molecular formula is C13H11NOS. The molecule has 3 rings (SSSR count). The zero-order valence-electron chi connectivity index (χ0n) is 9.15. The smallest absolute Gasteiger partial charge is 0.126 e. The summed E-state index contributed by atoms with van der Waals surface area (Å²) in [5, 5.41) is 2.33. The van der Waals surface area contributed by atoms with Crippen molar-refractivity contribution in [3.63, 3.8) is 0 Å². The van der Waals surface area contributed by atoms with Gasteiger partial charge in [0.2, 0.25) is 0 Å². The first-order valence-electron chi connectivity index (χ1n) is 5.12. The maximum absolute atomic E-state index is 5.42. The molecule has 1 aliphatic heterocycles. The number of hydrogen-bond acceptors (Lipinski definition) is 2. The first-order chi connectivity index (χ1) is 7.74. The topological polar surface area (TPSA) is 12.5 Å². The van der Waals surface area contributed by atoms with Gasteiger partial charge in [0.25, 0.3) is 0 Å². The molecular weight excluding hydrogens is 218 g/mol. The molecule has 0 radical (unpaired) electrons. The largest absolute Gasteiger partial charge is 0.496 e. The second-order valence-corrected chi connectivity index (χ2v) is 4.27. The summed E-state index contributed by atoms with van der Waals surface area (Å²) in [6.45, 7) is 0. The third kappa shape index (κ3) is 1.04. The molecule has 0 aromatic heterocycles. The van der Waals surface area contributed by atoms with Crippen LogP contribution < -0.4 is 9.64 Å². The van der Waals surface area contributed by atoms with Gasteiger partial charge >= 0.3 is 0 Å². The Morgan fingerprint density at radius 2 is 2.00 bits per heavy atom. The lowest BCUT2D eigenvalue weighted by Gasteiger charge is -2.12. The molecule has 0 fully saturated rings. The predicted molar refractivity (Wildman–Crippen MR) is 70.6 cm³/mol. The maximum atomic E-state index is 5.42. The highest BCUT2D eigenvalue weighted by molar-refractivity contribution is 7.81. The van der Waals surface area contributed by atoms with Crippen molar-refractivity contribution >= 4 is 33.7 Å². The minimum Gasteiger partial charge on any atom is -0.496 e. The molecule has 0 saturated heterocycles. The fourth-order valence-electron chi connectivity index (χ4n) is 2.29. The number of anilines is 1. The lowest BCUT2D eigenvalue weighted by molar-refractivity contribution is 0.420. The van der Waals surface area contributed by atoms with Gasteiger partial charge in [-0.05, 0) is 12.1 Å². The van der Waals surface area contributed by atoms with E-state index < -0.39 is 0 Å². The quantitative estimate of drug-likeness (QED) is 0.698. The summed E-state index contributed by atoms with van der Waals surface area (Å²) in [5.74, 6) is 0.902. The molecule has 0 amide bonds. The fourth-order valence-corrected chi connectivity index (χ4v) is 2.56. The number of methoxy groups -OCH3 is 1. The average Bonchev–Trinajstić information content (AvgIpc) is 2.57. The van der Waals surface area contributed by atoms with Crippen LogP contribution in [-0.4, -0.2) is 19.1 Å². The standard InChI is InChI=1S/C13H11NOS/c1-14-10-6-7-11(15-2)8-4-3-5-9(12(8)10)13(14)16/h3-7H,1-2H3. The highest BCUT2D eigenvalue weighted by Crippen LogP contribution is 2.40. The summed E-state index contributed by atoms with van der Waals surface area (Å²) in [6, 6.07) is 10.2. The molecule has 2 aromatic carbocycles. The summed E-state index contributed by atoms with van der Waals surface area (Å²) < 4.78 is 5.37. The molecule has 0 aliphatic carbocycles. The van der Waals surface area contributed by atoms with E-state index in [1.165, 1.54) is 5.39 Å². The van der Waals surface area contributed by atoms with Crippen LogP contribution in [0.5, 0.6) is 5.75 Å². The minimum atomic E-state index is 0.883.